The van der Waals surface area contributed by atoms with E-state index in [0.29, 0.717) is 38.8 Å². The molecule has 0 fully saturated rings. The third-order valence-electron chi connectivity index (χ3n) is 3.21. The van der Waals surface area contributed by atoms with Crippen LogP contribution < -0.4 is 0 Å². The van der Waals surface area contributed by atoms with Crippen LogP contribution in [0.25, 0.3) is 0 Å². The van der Waals surface area contributed by atoms with E-state index in [9.17, 15) is 9.59 Å². The lowest BCUT2D eigenvalue weighted by Crippen LogP contribution is -2.46. The molecular weight excluding hydrogens is 334 g/mol. The second kappa shape index (κ2) is 13.3. The topological polar surface area (TPSA) is 83.5 Å². The van der Waals surface area contributed by atoms with Crippen molar-refractivity contribution in [3.63, 3.8) is 0 Å². The van der Waals surface area contributed by atoms with Gasteiger partial charge in [0.2, 0.25) is 0 Å². The molecule has 0 aromatic rings. The molecule has 0 aliphatic carbocycles. The van der Waals surface area contributed by atoms with Gasteiger partial charge < -0.3 is 22.8 Å². The first kappa shape index (κ1) is 23.0. The smallest absolute Gasteiger partial charge is 0.468 e. The normalized spacial score (nSPS) is 11.6. The van der Waals surface area contributed by atoms with Crippen molar-refractivity contribution >= 4 is 20.7 Å². The molecule has 142 valence electrons. The fraction of sp³-hybridized carbons (Fsp3) is 0.867. The molecule has 0 atom stereocenters. The Bertz CT molecular complexity index is 333. The van der Waals surface area contributed by atoms with E-state index in [0.717, 1.165) is 0 Å². The number of hydrogen-bond acceptors (Lipinski definition) is 8. The van der Waals surface area contributed by atoms with Crippen LogP contribution in [-0.4, -0.2) is 79.3 Å². The summed E-state index contributed by atoms with van der Waals surface area (Å²) < 4.78 is 26.7. The second-order valence-electron chi connectivity index (χ2n) is 4.95. The van der Waals surface area contributed by atoms with Crippen molar-refractivity contribution in [3.8, 4) is 0 Å². The van der Waals surface area contributed by atoms with Crippen molar-refractivity contribution in [3.05, 3.63) is 0 Å². The van der Waals surface area contributed by atoms with Gasteiger partial charge in [-0.2, -0.15) is 0 Å². The number of carbonyl (C=O) groups excluding carboxylic acids is 2. The number of hydrogen-bond donors (Lipinski definition) is 0. The Labute approximate surface area is 145 Å². The largest absolute Gasteiger partial charge is 0.500 e. The number of carbonyl (C=O) groups is 2. The molecule has 24 heavy (non-hydrogen) atoms. The molecule has 0 aromatic heterocycles. The molecule has 8 nitrogen and oxygen atoms in total. The van der Waals surface area contributed by atoms with Gasteiger partial charge in [-0.1, -0.05) is 0 Å². The fourth-order valence-electron chi connectivity index (χ4n) is 2.23. The summed E-state index contributed by atoms with van der Waals surface area (Å²) in [6, 6.07) is 0.612. The van der Waals surface area contributed by atoms with Gasteiger partial charge in [0.15, 0.2) is 0 Å². The van der Waals surface area contributed by atoms with Crippen LogP contribution in [0.3, 0.4) is 0 Å². The lowest BCUT2D eigenvalue weighted by molar-refractivity contribution is -0.145. The van der Waals surface area contributed by atoms with Crippen molar-refractivity contribution in [2.75, 3.05) is 53.7 Å². The summed E-state index contributed by atoms with van der Waals surface area (Å²) in [5.74, 6) is -0.802. The van der Waals surface area contributed by atoms with E-state index >= 15 is 0 Å². The third kappa shape index (κ3) is 9.33. The van der Waals surface area contributed by atoms with Crippen LogP contribution in [0, 0.1) is 0 Å². The van der Waals surface area contributed by atoms with Gasteiger partial charge in [0.05, 0.1) is 27.3 Å². The van der Waals surface area contributed by atoms with E-state index in [2.05, 4.69) is 9.47 Å². The van der Waals surface area contributed by atoms with Crippen LogP contribution >= 0.6 is 0 Å². The predicted octanol–water partition coefficient (Wildman–Crippen LogP) is 1.07. The number of esters is 2. The van der Waals surface area contributed by atoms with Crippen molar-refractivity contribution in [2.45, 2.75) is 33.2 Å². The highest BCUT2D eigenvalue weighted by Gasteiger charge is 2.39. The number of ether oxygens (including phenoxy) is 2. The van der Waals surface area contributed by atoms with E-state index in [1.54, 1.807) is 4.90 Å². The number of nitrogens with zero attached hydrogens (tertiary/aromatic N) is 1. The molecule has 0 rings (SSSR count). The number of methoxy groups -OCH3 is 2. The molecule has 0 saturated carbocycles. The molecule has 0 N–H and O–H groups in total. The third-order valence-corrected chi connectivity index (χ3v) is 6.36. The molecule has 0 aliphatic heterocycles. The van der Waals surface area contributed by atoms with Crippen LogP contribution in [0.5, 0.6) is 0 Å². The minimum atomic E-state index is -2.72. The average molecular weight is 365 g/mol. The summed E-state index contributed by atoms with van der Waals surface area (Å²) in [5.41, 5.74) is 0. The highest BCUT2D eigenvalue weighted by atomic mass is 28.4. The highest BCUT2D eigenvalue weighted by molar-refractivity contribution is 6.60. The second-order valence-corrected chi connectivity index (χ2v) is 7.68. The Morgan fingerprint density at radius 1 is 0.833 bits per heavy atom. The lowest BCUT2D eigenvalue weighted by atomic mass is 10.4. The van der Waals surface area contributed by atoms with Crippen LogP contribution in [-0.2, 0) is 32.3 Å². The zero-order chi connectivity index (χ0) is 18.4. The van der Waals surface area contributed by atoms with E-state index < -0.39 is 20.7 Å². The van der Waals surface area contributed by atoms with E-state index in [-0.39, 0.29) is 13.1 Å². The molecular formula is C15H31NO7Si. The molecule has 0 aromatic carbocycles. The molecule has 0 saturated heterocycles. The minimum absolute atomic E-state index is 0.0259. The quantitative estimate of drug-likeness (QED) is 0.334. The SMILES string of the molecule is CCO[Si](CCCN(CC(=O)OC)CC(=O)OC)(OCC)OCC. The maximum absolute atomic E-state index is 11.5. The van der Waals surface area contributed by atoms with Gasteiger partial charge >= 0.3 is 20.7 Å². The van der Waals surface area contributed by atoms with E-state index in [1.165, 1.54) is 14.2 Å². The summed E-state index contributed by atoms with van der Waals surface area (Å²) in [6.45, 7) is 7.81. The van der Waals surface area contributed by atoms with Crippen LogP contribution in [0.4, 0.5) is 0 Å². The van der Waals surface area contributed by atoms with Crippen LogP contribution in [0.1, 0.15) is 27.2 Å². The summed E-state index contributed by atoms with van der Waals surface area (Å²) >= 11 is 0. The van der Waals surface area contributed by atoms with Crippen molar-refractivity contribution in [2.24, 2.45) is 0 Å². The maximum Gasteiger partial charge on any atom is 0.500 e. The Kier molecular flexibility index (Phi) is 12.7. The van der Waals surface area contributed by atoms with Gasteiger partial charge in [0.1, 0.15) is 0 Å². The van der Waals surface area contributed by atoms with Gasteiger partial charge in [-0.15, -0.1) is 0 Å². The first-order chi connectivity index (χ1) is 11.5. The van der Waals surface area contributed by atoms with Gasteiger partial charge in [-0.05, 0) is 33.7 Å². The lowest BCUT2D eigenvalue weighted by Gasteiger charge is -2.29. The van der Waals surface area contributed by atoms with Gasteiger partial charge in [0.25, 0.3) is 0 Å². The molecule has 0 amide bonds. The van der Waals surface area contributed by atoms with E-state index in [1.807, 2.05) is 20.8 Å². The Hall–Kier alpha value is -1.00. The zero-order valence-corrected chi connectivity index (χ0v) is 16.5. The Balaban J connectivity index is 4.71. The predicted molar refractivity (Wildman–Crippen MR) is 90.5 cm³/mol. The molecule has 0 heterocycles. The molecule has 0 bridgehead atoms. The van der Waals surface area contributed by atoms with E-state index in [4.69, 9.17) is 13.3 Å². The molecule has 0 aliphatic rings. The first-order valence-electron chi connectivity index (χ1n) is 8.24. The summed E-state index contributed by atoms with van der Waals surface area (Å²) in [4.78, 5) is 24.6. The van der Waals surface area contributed by atoms with Crippen molar-refractivity contribution in [1.82, 2.24) is 4.90 Å². The van der Waals surface area contributed by atoms with Crippen molar-refractivity contribution < 1.29 is 32.3 Å². The minimum Gasteiger partial charge on any atom is -0.468 e. The van der Waals surface area contributed by atoms with Crippen molar-refractivity contribution in [1.29, 1.82) is 0 Å². The molecule has 0 spiro atoms. The molecule has 0 radical (unpaired) electrons. The molecule has 0 unspecified atom stereocenters. The summed E-state index contributed by atoms with van der Waals surface area (Å²) in [6.07, 6.45) is 0.667. The standard InChI is InChI=1S/C15H31NO7Si/c1-6-21-24(22-7-2,23-8-3)11-9-10-16(12-14(17)19-4)13-15(18)20-5/h6-13H2,1-5H3. The first-order valence-corrected chi connectivity index (χ1v) is 10.2. The summed E-state index contributed by atoms with van der Waals surface area (Å²) in [7, 11) is -0.0872. The van der Waals surface area contributed by atoms with Gasteiger partial charge in [-0.3, -0.25) is 14.5 Å². The Morgan fingerprint density at radius 3 is 1.58 bits per heavy atom. The van der Waals surface area contributed by atoms with Crippen LogP contribution in [0.15, 0.2) is 0 Å². The van der Waals surface area contributed by atoms with Gasteiger partial charge in [-0.25, -0.2) is 0 Å². The highest BCUT2D eigenvalue weighted by Crippen LogP contribution is 2.18. The Morgan fingerprint density at radius 2 is 1.25 bits per heavy atom. The fourth-order valence-corrected chi connectivity index (χ4v) is 4.82. The maximum atomic E-state index is 11.5. The molecule has 9 heteroatoms. The van der Waals surface area contributed by atoms with Gasteiger partial charge in [0, 0.05) is 25.9 Å². The zero-order valence-electron chi connectivity index (χ0n) is 15.5. The summed E-state index contributed by atoms with van der Waals surface area (Å²) in [5, 5.41) is 0. The monoisotopic (exact) mass is 365 g/mol. The number of rotatable bonds is 14. The average Bonchev–Trinajstić information content (AvgIpc) is 2.55. The van der Waals surface area contributed by atoms with Crippen LogP contribution in [0.2, 0.25) is 6.04 Å².